The van der Waals surface area contributed by atoms with E-state index in [2.05, 4.69) is 4.99 Å². The molecule has 3 heterocycles. The Morgan fingerprint density at radius 1 is 0.962 bits per heavy atom. The summed E-state index contributed by atoms with van der Waals surface area (Å²) in [6.45, 7) is 0.564. The second-order valence-corrected chi connectivity index (χ2v) is 5.95. The molecular weight excluding hydrogens is 334 g/mol. The van der Waals surface area contributed by atoms with Crippen molar-refractivity contribution in [2.45, 2.75) is 0 Å². The Morgan fingerprint density at radius 3 is 2.81 bits per heavy atom. The van der Waals surface area contributed by atoms with Crippen molar-refractivity contribution >= 4 is 17.9 Å². The van der Waals surface area contributed by atoms with Crippen LogP contribution >= 0.6 is 0 Å². The van der Waals surface area contributed by atoms with Crippen molar-refractivity contribution in [3.05, 3.63) is 70.9 Å². The number of esters is 1. The van der Waals surface area contributed by atoms with Crippen LogP contribution in [0.4, 0.5) is 0 Å². The lowest BCUT2D eigenvalue weighted by molar-refractivity contribution is -0.130. The van der Waals surface area contributed by atoms with Gasteiger partial charge >= 0.3 is 5.97 Å². The molecule has 0 amide bonds. The molecule has 0 N–H and O–H groups in total. The van der Waals surface area contributed by atoms with Crippen LogP contribution in [0.3, 0.4) is 0 Å². The molecule has 128 valence electrons. The molecule has 0 radical (unpaired) electrons. The summed E-state index contributed by atoms with van der Waals surface area (Å²) >= 11 is 0. The van der Waals surface area contributed by atoms with Gasteiger partial charge in [-0.2, -0.15) is 0 Å². The van der Waals surface area contributed by atoms with E-state index in [0.29, 0.717) is 23.7 Å². The molecule has 0 saturated heterocycles. The van der Waals surface area contributed by atoms with E-state index in [4.69, 9.17) is 18.9 Å². The molecule has 0 atom stereocenters. The number of aliphatic imine (C=N–C) groups is 1. The van der Waals surface area contributed by atoms with Gasteiger partial charge in [0.15, 0.2) is 17.2 Å². The van der Waals surface area contributed by atoms with E-state index in [-0.39, 0.29) is 18.4 Å². The highest BCUT2D eigenvalue weighted by Crippen LogP contribution is 2.34. The molecular formula is C20H13NO5. The second kappa shape index (κ2) is 5.77. The van der Waals surface area contributed by atoms with Gasteiger partial charge in [-0.3, -0.25) is 0 Å². The SMILES string of the molecule is O=C1OC(c2ccc3c(c2)OCO3)=N/C1=C/C1=Cc2ccccc2OC1. The van der Waals surface area contributed by atoms with E-state index in [9.17, 15) is 4.79 Å². The molecule has 0 aliphatic carbocycles. The van der Waals surface area contributed by atoms with Crippen LogP contribution in [0.2, 0.25) is 0 Å². The van der Waals surface area contributed by atoms with Crippen LogP contribution in [0.25, 0.3) is 6.08 Å². The quantitative estimate of drug-likeness (QED) is 0.617. The van der Waals surface area contributed by atoms with Crippen LogP contribution in [0.5, 0.6) is 17.2 Å². The highest BCUT2D eigenvalue weighted by atomic mass is 16.7. The molecule has 2 aromatic carbocycles. The molecule has 5 rings (SSSR count). The first kappa shape index (κ1) is 14.8. The number of cyclic esters (lactones) is 1. The highest BCUT2D eigenvalue weighted by Gasteiger charge is 2.26. The smallest absolute Gasteiger partial charge is 0.363 e. The lowest BCUT2D eigenvalue weighted by Gasteiger charge is -2.15. The van der Waals surface area contributed by atoms with Crippen molar-refractivity contribution in [2.24, 2.45) is 4.99 Å². The van der Waals surface area contributed by atoms with Crippen molar-refractivity contribution in [1.29, 1.82) is 0 Å². The number of carbonyl (C=O) groups is 1. The number of benzene rings is 2. The lowest BCUT2D eigenvalue weighted by Crippen LogP contribution is -2.08. The molecule has 6 heteroatoms. The maximum atomic E-state index is 12.2. The van der Waals surface area contributed by atoms with E-state index < -0.39 is 5.97 Å². The zero-order valence-electron chi connectivity index (χ0n) is 13.6. The van der Waals surface area contributed by atoms with Gasteiger partial charge in [0.2, 0.25) is 12.7 Å². The predicted octanol–water partition coefficient (Wildman–Crippen LogP) is 3.08. The molecule has 0 saturated carbocycles. The average Bonchev–Trinajstić information content (AvgIpc) is 3.28. The fourth-order valence-corrected chi connectivity index (χ4v) is 2.95. The van der Waals surface area contributed by atoms with E-state index >= 15 is 0 Å². The summed E-state index contributed by atoms with van der Waals surface area (Å²) < 4.78 is 21.6. The zero-order chi connectivity index (χ0) is 17.5. The molecule has 3 aliphatic rings. The number of rotatable bonds is 2. The molecule has 2 aromatic rings. The largest absolute Gasteiger partial charge is 0.488 e. The van der Waals surface area contributed by atoms with Gasteiger partial charge in [-0.1, -0.05) is 18.2 Å². The van der Waals surface area contributed by atoms with Crippen LogP contribution in [0.15, 0.2) is 64.8 Å². The summed E-state index contributed by atoms with van der Waals surface area (Å²) in [5.41, 5.74) is 2.72. The minimum Gasteiger partial charge on any atom is -0.488 e. The summed E-state index contributed by atoms with van der Waals surface area (Å²) in [6, 6.07) is 13.0. The first-order valence-electron chi connectivity index (χ1n) is 8.11. The topological polar surface area (TPSA) is 66.4 Å². The third-order valence-corrected chi connectivity index (χ3v) is 4.22. The Kier molecular flexibility index (Phi) is 3.28. The predicted molar refractivity (Wildman–Crippen MR) is 93.2 cm³/mol. The van der Waals surface area contributed by atoms with Crippen molar-refractivity contribution in [3.8, 4) is 17.2 Å². The fourth-order valence-electron chi connectivity index (χ4n) is 2.95. The minimum atomic E-state index is -0.488. The maximum absolute atomic E-state index is 12.2. The monoisotopic (exact) mass is 347 g/mol. The van der Waals surface area contributed by atoms with Crippen LogP contribution in [0.1, 0.15) is 11.1 Å². The Hall–Kier alpha value is -3.54. The van der Waals surface area contributed by atoms with Gasteiger partial charge in [0.1, 0.15) is 12.4 Å². The van der Waals surface area contributed by atoms with Gasteiger partial charge in [-0.05, 0) is 42.0 Å². The minimum absolute atomic E-state index is 0.186. The number of hydrogen-bond acceptors (Lipinski definition) is 6. The van der Waals surface area contributed by atoms with Crippen LogP contribution in [-0.2, 0) is 9.53 Å². The molecule has 26 heavy (non-hydrogen) atoms. The Morgan fingerprint density at radius 2 is 1.85 bits per heavy atom. The van der Waals surface area contributed by atoms with Crippen molar-refractivity contribution < 1.29 is 23.7 Å². The molecule has 0 unspecified atom stereocenters. The first-order valence-corrected chi connectivity index (χ1v) is 8.11. The zero-order valence-corrected chi connectivity index (χ0v) is 13.6. The number of hydrogen-bond donors (Lipinski definition) is 0. The summed E-state index contributed by atoms with van der Waals surface area (Å²) in [6.07, 6.45) is 3.67. The molecule has 0 fully saturated rings. The van der Waals surface area contributed by atoms with Crippen LogP contribution in [-0.4, -0.2) is 25.3 Å². The molecule has 0 bridgehead atoms. The highest BCUT2D eigenvalue weighted by molar-refractivity contribution is 6.11. The van der Waals surface area contributed by atoms with Gasteiger partial charge in [0.05, 0.1) is 0 Å². The summed E-state index contributed by atoms with van der Waals surface area (Å²) in [5, 5.41) is 0. The van der Waals surface area contributed by atoms with Gasteiger partial charge in [0.25, 0.3) is 0 Å². The summed E-state index contributed by atoms with van der Waals surface area (Å²) in [4.78, 5) is 16.5. The summed E-state index contributed by atoms with van der Waals surface area (Å²) in [7, 11) is 0. The van der Waals surface area contributed by atoms with E-state index in [0.717, 1.165) is 16.9 Å². The van der Waals surface area contributed by atoms with Crippen molar-refractivity contribution in [2.75, 3.05) is 13.4 Å². The lowest BCUT2D eigenvalue weighted by atomic mass is 10.1. The first-order chi connectivity index (χ1) is 12.8. The van der Waals surface area contributed by atoms with Crippen molar-refractivity contribution in [3.63, 3.8) is 0 Å². The third-order valence-electron chi connectivity index (χ3n) is 4.22. The van der Waals surface area contributed by atoms with Gasteiger partial charge in [-0.15, -0.1) is 0 Å². The second-order valence-electron chi connectivity index (χ2n) is 5.95. The third kappa shape index (κ3) is 2.52. The number of nitrogens with zero attached hydrogens (tertiary/aromatic N) is 1. The number of ether oxygens (including phenoxy) is 4. The van der Waals surface area contributed by atoms with Gasteiger partial charge in [-0.25, -0.2) is 9.79 Å². The average molecular weight is 347 g/mol. The van der Waals surface area contributed by atoms with Crippen molar-refractivity contribution in [1.82, 2.24) is 0 Å². The number of fused-ring (bicyclic) bond motifs is 2. The van der Waals surface area contributed by atoms with Crippen LogP contribution in [0, 0.1) is 0 Å². The Balaban J connectivity index is 1.46. The maximum Gasteiger partial charge on any atom is 0.363 e. The van der Waals surface area contributed by atoms with Gasteiger partial charge in [0, 0.05) is 11.1 Å². The molecule has 6 nitrogen and oxygen atoms in total. The molecule has 0 aromatic heterocycles. The van der Waals surface area contributed by atoms with Gasteiger partial charge < -0.3 is 18.9 Å². The summed E-state index contributed by atoms with van der Waals surface area (Å²) in [5.74, 6) is 1.86. The molecule has 3 aliphatic heterocycles. The number of para-hydroxylation sites is 1. The molecule has 0 spiro atoms. The fraction of sp³-hybridized carbons (Fsp3) is 0.100. The van der Waals surface area contributed by atoms with Crippen LogP contribution < -0.4 is 14.2 Å². The van der Waals surface area contributed by atoms with E-state index in [1.165, 1.54) is 0 Å². The van der Waals surface area contributed by atoms with E-state index in [1.54, 1.807) is 24.3 Å². The Bertz CT molecular complexity index is 1020. The van der Waals surface area contributed by atoms with E-state index in [1.807, 2.05) is 30.3 Å². The Labute approximate surface area is 149 Å². The standard InChI is InChI=1S/C20H13NO5/c22-20-15(8-12-7-13-3-1-2-4-16(13)23-10-12)21-19(26-20)14-5-6-17-18(9-14)25-11-24-17/h1-9H,10-11H2/b15-8+. The number of carbonyl (C=O) groups excluding carboxylic acids is 1. The normalized spacial score (nSPS) is 18.8.